The van der Waals surface area contributed by atoms with Crippen molar-refractivity contribution < 1.29 is 28.9 Å². The Balaban J connectivity index is 1.84. The van der Waals surface area contributed by atoms with Crippen LogP contribution in [-0.4, -0.2) is 74.1 Å². The minimum atomic E-state index is -0.835. The number of fused-ring (bicyclic) bond motifs is 1. The van der Waals surface area contributed by atoms with Crippen molar-refractivity contribution in [3.8, 4) is 17.2 Å². The van der Waals surface area contributed by atoms with E-state index in [4.69, 9.17) is 14.2 Å². The molecule has 1 amide bonds. The van der Waals surface area contributed by atoms with Crippen molar-refractivity contribution in [2.24, 2.45) is 0 Å². The summed E-state index contributed by atoms with van der Waals surface area (Å²) in [5.41, 5.74) is 1.05. The van der Waals surface area contributed by atoms with E-state index in [0.29, 0.717) is 35.6 Å². The third kappa shape index (κ3) is 5.56. The number of benzene rings is 3. The second kappa shape index (κ2) is 12.2. The average Bonchev–Trinajstić information content (AvgIpc) is 3.22. The summed E-state index contributed by atoms with van der Waals surface area (Å²) in [6.07, 6.45) is 0.676. The highest BCUT2D eigenvalue weighted by molar-refractivity contribution is 6.46. The van der Waals surface area contributed by atoms with Crippen molar-refractivity contribution in [2.75, 3.05) is 47.5 Å². The molecule has 39 heavy (non-hydrogen) atoms. The Morgan fingerprint density at radius 3 is 2.18 bits per heavy atom. The van der Waals surface area contributed by atoms with E-state index in [0.717, 1.165) is 36.2 Å². The molecule has 1 N–H and O–H groups in total. The number of likely N-dealkylation sites (tertiary alicyclic amines) is 1. The third-order valence-corrected chi connectivity index (χ3v) is 7.36. The molecule has 0 saturated carbocycles. The summed E-state index contributed by atoms with van der Waals surface area (Å²) in [6.45, 7) is 7.12. The first kappa shape index (κ1) is 28.0. The Kier molecular flexibility index (Phi) is 8.76. The molecular weight excluding hydrogens is 496 g/mol. The van der Waals surface area contributed by atoms with Crippen molar-refractivity contribution in [1.82, 2.24) is 9.80 Å². The first-order valence-corrected chi connectivity index (χ1v) is 13.2. The summed E-state index contributed by atoms with van der Waals surface area (Å²) in [4.78, 5) is 30.7. The summed E-state index contributed by atoms with van der Waals surface area (Å²) in [7, 11) is 4.70. The molecule has 1 unspecified atom stereocenters. The molecule has 1 aliphatic rings. The van der Waals surface area contributed by atoms with Crippen LogP contribution in [0.15, 0.2) is 60.2 Å². The molecule has 0 radical (unpaired) electrons. The maximum Gasteiger partial charge on any atom is 0.295 e. The second-order valence-corrected chi connectivity index (χ2v) is 9.41. The van der Waals surface area contributed by atoms with Gasteiger partial charge < -0.3 is 29.1 Å². The van der Waals surface area contributed by atoms with Crippen molar-refractivity contribution in [3.05, 3.63) is 71.3 Å². The van der Waals surface area contributed by atoms with Crippen LogP contribution < -0.4 is 14.2 Å². The van der Waals surface area contributed by atoms with E-state index in [1.807, 2.05) is 24.3 Å². The largest absolute Gasteiger partial charge is 0.507 e. The predicted octanol–water partition coefficient (Wildman–Crippen LogP) is 5.02. The lowest BCUT2D eigenvalue weighted by molar-refractivity contribution is -0.140. The van der Waals surface area contributed by atoms with Gasteiger partial charge in [0.1, 0.15) is 23.0 Å². The number of rotatable bonds is 11. The van der Waals surface area contributed by atoms with Gasteiger partial charge >= 0.3 is 0 Å². The van der Waals surface area contributed by atoms with Crippen LogP contribution in [0.4, 0.5) is 0 Å². The number of aliphatic hydroxyl groups is 1. The van der Waals surface area contributed by atoms with Gasteiger partial charge in [-0.15, -0.1) is 0 Å². The van der Waals surface area contributed by atoms with Crippen molar-refractivity contribution >= 4 is 28.2 Å². The van der Waals surface area contributed by atoms with Crippen LogP contribution in [0, 0.1) is 0 Å². The molecule has 1 saturated heterocycles. The number of ether oxygens (including phenoxy) is 3. The molecule has 0 aliphatic carbocycles. The van der Waals surface area contributed by atoms with Crippen molar-refractivity contribution in [3.63, 3.8) is 0 Å². The smallest absolute Gasteiger partial charge is 0.295 e. The lowest BCUT2D eigenvalue weighted by Crippen LogP contribution is -2.33. The normalized spacial score (nSPS) is 16.8. The summed E-state index contributed by atoms with van der Waals surface area (Å²) >= 11 is 0. The zero-order valence-corrected chi connectivity index (χ0v) is 23.2. The van der Waals surface area contributed by atoms with Gasteiger partial charge in [-0.25, -0.2) is 0 Å². The predicted molar refractivity (Wildman–Crippen MR) is 151 cm³/mol. The first-order chi connectivity index (χ1) is 18.9. The molecule has 8 heteroatoms. The number of hydrogen-bond acceptors (Lipinski definition) is 7. The lowest BCUT2D eigenvalue weighted by Gasteiger charge is -2.28. The molecule has 8 nitrogen and oxygen atoms in total. The molecule has 3 aromatic carbocycles. The topological polar surface area (TPSA) is 88.5 Å². The van der Waals surface area contributed by atoms with Gasteiger partial charge in [0.25, 0.3) is 11.7 Å². The molecule has 0 spiro atoms. The first-order valence-electron chi connectivity index (χ1n) is 13.2. The van der Waals surface area contributed by atoms with Crippen LogP contribution in [0.1, 0.15) is 37.4 Å². The van der Waals surface area contributed by atoms with Gasteiger partial charge in [-0.05, 0) is 73.2 Å². The van der Waals surface area contributed by atoms with Gasteiger partial charge in [0.2, 0.25) is 0 Å². The number of nitrogens with zero attached hydrogens (tertiary/aromatic N) is 2. The number of Topliss-reactive ketones (excluding diaryl/α,β-unsaturated/α-hetero) is 1. The van der Waals surface area contributed by atoms with Gasteiger partial charge in [0.15, 0.2) is 0 Å². The van der Waals surface area contributed by atoms with Gasteiger partial charge in [-0.1, -0.05) is 32.0 Å². The Morgan fingerprint density at radius 2 is 1.51 bits per heavy atom. The van der Waals surface area contributed by atoms with Crippen LogP contribution in [-0.2, 0) is 9.59 Å². The Hall–Kier alpha value is -4.04. The quantitative estimate of drug-likeness (QED) is 0.211. The highest BCUT2D eigenvalue weighted by Crippen LogP contribution is 2.44. The highest BCUT2D eigenvalue weighted by atomic mass is 16.5. The molecule has 0 aromatic heterocycles. The van der Waals surface area contributed by atoms with E-state index in [1.165, 1.54) is 7.11 Å². The van der Waals surface area contributed by atoms with Crippen molar-refractivity contribution in [1.29, 1.82) is 0 Å². The maximum atomic E-state index is 13.5. The molecule has 1 fully saturated rings. The van der Waals surface area contributed by atoms with Gasteiger partial charge in [0.05, 0.1) is 32.9 Å². The van der Waals surface area contributed by atoms with E-state index in [2.05, 4.69) is 18.7 Å². The Bertz CT molecular complexity index is 1400. The number of amides is 1. The number of hydrogen-bond donors (Lipinski definition) is 1. The van der Waals surface area contributed by atoms with Crippen LogP contribution in [0.2, 0.25) is 0 Å². The SMILES string of the molecule is CCN(CC)CCCN1C(=O)C(=O)/C(=C(/O)c2ccc3cc(OC)ccc3c2)C1c1cc(OC)ccc1OC. The Morgan fingerprint density at radius 1 is 0.872 bits per heavy atom. The fraction of sp³-hybridized carbons (Fsp3) is 0.355. The van der Waals surface area contributed by atoms with Crippen LogP contribution >= 0.6 is 0 Å². The summed E-state index contributed by atoms with van der Waals surface area (Å²) in [5, 5.41) is 13.4. The zero-order valence-electron chi connectivity index (χ0n) is 23.2. The van der Waals surface area contributed by atoms with E-state index >= 15 is 0 Å². The van der Waals surface area contributed by atoms with Crippen molar-refractivity contribution in [2.45, 2.75) is 26.3 Å². The third-order valence-electron chi connectivity index (χ3n) is 7.36. The minimum Gasteiger partial charge on any atom is -0.507 e. The zero-order chi connectivity index (χ0) is 28.1. The monoisotopic (exact) mass is 532 g/mol. The molecule has 4 rings (SSSR count). The maximum absolute atomic E-state index is 13.5. The highest BCUT2D eigenvalue weighted by Gasteiger charge is 2.47. The minimum absolute atomic E-state index is 0.0299. The molecule has 206 valence electrons. The van der Waals surface area contributed by atoms with Gasteiger partial charge in [-0.2, -0.15) is 0 Å². The number of ketones is 1. The van der Waals surface area contributed by atoms with Crippen LogP contribution in [0.25, 0.3) is 16.5 Å². The van der Waals surface area contributed by atoms with Gasteiger partial charge in [-0.3, -0.25) is 9.59 Å². The average molecular weight is 533 g/mol. The molecule has 1 atom stereocenters. The molecular formula is C31H36N2O6. The van der Waals surface area contributed by atoms with E-state index in [1.54, 1.807) is 49.5 Å². The summed E-state index contributed by atoms with van der Waals surface area (Å²) in [5.74, 6) is 0.177. The fourth-order valence-electron chi connectivity index (χ4n) is 5.15. The molecule has 0 bridgehead atoms. The molecule has 1 heterocycles. The molecule has 1 aliphatic heterocycles. The molecule has 3 aromatic rings. The fourth-order valence-corrected chi connectivity index (χ4v) is 5.15. The number of carbonyl (C=O) groups is 2. The van der Waals surface area contributed by atoms with Crippen LogP contribution in [0.3, 0.4) is 0 Å². The number of methoxy groups -OCH3 is 3. The van der Waals surface area contributed by atoms with E-state index in [-0.39, 0.29) is 11.3 Å². The van der Waals surface area contributed by atoms with Crippen LogP contribution in [0.5, 0.6) is 17.2 Å². The number of carbonyl (C=O) groups excluding carboxylic acids is 2. The van der Waals surface area contributed by atoms with E-state index < -0.39 is 17.7 Å². The lowest BCUT2D eigenvalue weighted by atomic mass is 9.93. The standard InChI is InChI=1S/C31H36N2O6/c1-6-32(7-2)15-8-16-33-28(25-19-24(38-4)13-14-26(25)39-5)27(30(35)31(33)36)29(34)22-10-9-21-18-23(37-3)12-11-20(21)17-22/h9-14,17-19,28,34H,6-8,15-16H2,1-5H3/b29-27+. The summed E-state index contributed by atoms with van der Waals surface area (Å²) in [6, 6.07) is 15.4. The Labute approximate surface area is 229 Å². The van der Waals surface area contributed by atoms with E-state index in [9.17, 15) is 14.7 Å². The van der Waals surface area contributed by atoms with Gasteiger partial charge in [0, 0.05) is 17.7 Å². The second-order valence-electron chi connectivity index (χ2n) is 9.41. The summed E-state index contributed by atoms with van der Waals surface area (Å²) < 4.78 is 16.4. The number of aliphatic hydroxyl groups excluding tert-OH is 1.